The molecular formula is C20H19N3O3S. The number of benzene rings is 2. The number of hydrogen-bond acceptors (Lipinski definition) is 6. The number of hydrogen-bond donors (Lipinski definition) is 2. The summed E-state index contributed by atoms with van der Waals surface area (Å²) in [5.74, 6) is 0.657. The highest BCUT2D eigenvalue weighted by molar-refractivity contribution is 7.07. The van der Waals surface area contributed by atoms with Gasteiger partial charge in [0, 0.05) is 22.6 Å². The Morgan fingerprint density at radius 2 is 2.04 bits per heavy atom. The third kappa shape index (κ3) is 4.09. The van der Waals surface area contributed by atoms with Crippen LogP contribution in [0.5, 0.6) is 17.2 Å². The van der Waals surface area contributed by atoms with Gasteiger partial charge in [-0.15, -0.1) is 17.9 Å². The molecule has 27 heavy (non-hydrogen) atoms. The first-order chi connectivity index (χ1) is 13.1. The van der Waals surface area contributed by atoms with Crippen LogP contribution in [0.2, 0.25) is 0 Å². The Balaban J connectivity index is 2.13. The van der Waals surface area contributed by atoms with Crippen molar-refractivity contribution in [3.05, 3.63) is 70.9 Å². The number of aromatic nitrogens is 1. The normalized spacial score (nSPS) is 11.8. The minimum absolute atomic E-state index is 0.00998. The summed E-state index contributed by atoms with van der Waals surface area (Å²) in [5.41, 5.74) is 2.17. The molecule has 0 aliphatic rings. The zero-order chi connectivity index (χ0) is 19.2. The maximum Gasteiger partial charge on any atom is 0.206 e. The van der Waals surface area contributed by atoms with Crippen LogP contribution in [0, 0.1) is 0 Å². The Hall–Kier alpha value is -3.32. The number of aromatic hydroxyl groups is 2. The number of methoxy groups -OCH3 is 1. The topological polar surface area (TPSA) is 79.3 Å². The van der Waals surface area contributed by atoms with E-state index < -0.39 is 0 Å². The minimum atomic E-state index is -0.0574. The van der Waals surface area contributed by atoms with Gasteiger partial charge in [-0.3, -0.25) is 4.99 Å². The molecule has 1 aromatic heterocycles. The lowest BCUT2D eigenvalue weighted by Gasteiger charge is -2.08. The van der Waals surface area contributed by atoms with E-state index >= 15 is 0 Å². The molecule has 0 aliphatic heterocycles. The predicted octanol–water partition coefficient (Wildman–Crippen LogP) is 3.61. The van der Waals surface area contributed by atoms with Gasteiger partial charge in [-0.05, 0) is 24.3 Å². The third-order valence-electron chi connectivity index (χ3n) is 3.75. The second-order valence-electron chi connectivity index (χ2n) is 5.53. The van der Waals surface area contributed by atoms with Crippen LogP contribution in [0.3, 0.4) is 0 Å². The lowest BCUT2D eigenvalue weighted by molar-refractivity contribution is 0.416. The van der Waals surface area contributed by atoms with Crippen molar-refractivity contribution in [2.45, 2.75) is 0 Å². The highest BCUT2D eigenvalue weighted by Crippen LogP contribution is 2.30. The first-order valence-corrected chi connectivity index (χ1v) is 9.03. The molecule has 138 valence electrons. The second-order valence-corrected chi connectivity index (χ2v) is 6.37. The van der Waals surface area contributed by atoms with Crippen LogP contribution in [0.25, 0.3) is 11.3 Å². The van der Waals surface area contributed by atoms with Crippen molar-refractivity contribution in [1.29, 1.82) is 0 Å². The molecule has 0 atom stereocenters. The first kappa shape index (κ1) is 18.5. The third-order valence-corrected chi connectivity index (χ3v) is 4.60. The fraction of sp³-hybridized carbons (Fsp3) is 0.100. The Morgan fingerprint density at radius 3 is 2.78 bits per heavy atom. The van der Waals surface area contributed by atoms with E-state index in [-0.39, 0.29) is 11.5 Å². The number of ether oxygens (including phenoxy) is 1. The van der Waals surface area contributed by atoms with E-state index in [9.17, 15) is 10.2 Å². The number of para-hydroxylation sites is 1. The molecule has 0 spiro atoms. The summed E-state index contributed by atoms with van der Waals surface area (Å²) < 4.78 is 7.16. The zero-order valence-electron chi connectivity index (χ0n) is 14.7. The van der Waals surface area contributed by atoms with Crippen LogP contribution >= 0.6 is 11.3 Å². The summed E-state index contributed by atoms with van der Waals surface area (Å²) in [6.45, 7) is 4.16. The van der Waals surface area contributed by atoms with Gasteiger partial charge < -0.3 is 14.9 Å². The van der Waals surface area contributed by atoms with Crippen LogP contribution in [0.4, 0.5) is 0 Å². The van der Waals surface area contributed by atoms with Crippen molar-refractivity contribution in [2.75, 3.05) is 13.7 Å². The Kier molecular flexibility index (Phi) is 5.73. The van der Waals surface area contributed by atoms with Gasteiger partial charge in [0.2, 0.25) is 4.80 Å². The van der Waals surface area contributed by atoms with Crippen molar-refractivity contribution < 1.29 is 14.9 Å². The van der Waals surface area contributed by atoms with Gasteiger partial charge >= 0.3 is 0 Å². The quantitative estimate of drug-likeness (QED) is 0.506. The van der Waals surface area contributed by atoms with Crippen LogP contribution in [-0.4, -0.2) is 34.8 Å². The summed E-state index contributed by atoms with van der Waals surface area (Å²) in [4.78, 5) is 5.17. The van der Waals surface area contributed by atoms with E-state index in [1.165, 1.54) is 29.7 Å². The standard InChI is InChI=1S/C20H19N3O3S/c1-3-10-21-20-23(22-12-14-8-9-15(24)11-18(14)25)17(13-27-20)16-6-4-5-7-19(16)26-2/h3-9,11-13,24-25H,1,10H2,2H3. The fourth-order valence-electron chi connectivity index (χ4n) is 2.46. The molecule has 2 aromatic carbocycles. The van der Waals surface area contributed by atoms with Crippen molar-refractivity contribution in [1.82, 2.24) is 4.68 Å². The molecule has 6 nitrogen and oxygen atoms in total. The highest BCUT2D eigenvalue weighted by atomic mass is 32.1. The predicted molar refractivity (Wildman–Crippen MR) is 108 cm³/mol. The molecule has 0 fully saturated rings. The van der Waals surface area contributed by atoms with Gasteiger partial charge in [0.25, 0.3) is 0 Å². The lowest BCUT2D eigenvalue weighted by Crippen LogP contribution is -2.12. The first-order valence-electron chi connectivity index (χ1n) is 8.15. The van der Waals surface area contributed by atoms with Crippen LogP contribution < -0.4 is 9.54 Å². The lowest BCUT2D eigenvalue weighted by atomic mass is 10.1. The molecule has 0 bridgehead atoms. The largest absolute Gasteiger partial charge is 0.508 e. The number of nitrogens with zero attached hydrogens (tertiary/aromatic N) is 3. The molecule has 7 heteroatoms. The van der Waals surface area contributed by atoms with Gasteiger partial charge in [0.05, 0.1) is 25.6 Å². The molecule has 3 rings (SSSR count). The molecule has 1 heterocycles. The molecule has 2 N–H and O–H groups in total. The summed E-state index contributed by atoms with van der Waals surface area (Å²) in [6.07, 6.45) is 3.23. The van der Waals surface area contributed by atoms with Crippen molar-refractivity contribution >= 4 is 17.6 Å². The molecule has 0 saturated heterocycles. The average Bonchev–Trinajstić information content (AvgIpc) is 3.08. The summed E-state index contributed by atoms with van der Waals surface area (Å²) in [7, 11) is 1.62. The van der Waals surface area contributed by atoms with E-state index in [0.717, 1.165) is 17.0 Å². The van der Waals surface area contributed by atoms with Crippen molar-refractivity contribution in [3.63, 3.8) is 0 Å². The van der Waals surface area contributed by atoms with Gasteiger partial charge in [0.1, 0.15) is 17.2 Å². The SMILES string of the molecule is C=CCN=c1scc(-c2ccccc2OC)n1N=Cc1ccc(O)cc1O. The maximum absolute atomic E-state index is 9.98. The number of phenolic OH excluding ortho intramolecular Hbond substituents is 2. The highest BCUT2D eigenvalue weighted by Gasteiger charge is 2.12. The van der Waals surface area contributed by atoms with Gasteiger partial charge in [0.15, 0.2) is 0 Å². The zero-order valence-corrected chi connectivity index (χ0v) is 15.6. The molecule has 0 unspecified atom stereocenters. The van der Waals surface area contributed by atoms with Gasteiger partial charge in [-0.25, -0.2) is 4.68 Å². The van der Waals surface area contributed by atoms with Crippen molar-refractivity contribution in [3.8, 4) is 28.5 Å². The van der Waals surface area contributed by atoms with E-state index in [0.29, 0.717) is 16.9 Å². The number of rotatable bonds is 6. The van der Waals surface area contributed by atoms with Gasteiger partial charge in [-0.2, -0.15) is 5.10 Å². The van der Waals surface area contributed by atoms with E-state index in [1.54, 1.807) is 23.9 Å². The molecule has 0 radical (unpaired) electrons. The van der Waals surface area contributed by atoms with Crippen molar-refractivity contribution in [2.24, 2.45) is 10.1 Å². The summed E-state index contributed by atoms with van der Waals surface area (Å²) >= 11 is 1.45. The number of thiazole rings is 1. The van der Waals surface area contributed by atoms with E-state index in [1.807, 2.05) is 29.6 Å². The Morgan fingerprint density at radius 1 is 1.22 bits per heavy atom. The van der Waals surface area contributed by atoms with Crippen LogP contribution in [-0.2, 0) is 0 Å². The molecule has 0 saturated carbocycles. The monoisotopic (exact) mass is 381 g/mol. The maximum atomic E-state index is 9.98. The van der Waals surface area contributed by atoms with Crippen LogP contribution in [0.15, 0.2) is 70.6 Å². The Labute approximate surface area is 160 Å². The Bertz CT molecular complexity index is 1050. The molecular weight excluding hydrogens is 362 g/mol. The second kappa shape index (κ2) is 8.37. The van der Waals surface area contributed by atoms with E-state index in [4.69, 9.17) is 4.74 Å². The minimum Gasteiger partial charge on any atom is -0.508 e. The number of phenols is 2. The molecule has 0 amide bonds. The van der Waals surface area contributed by atoms with E-state index in [2.05, 4.69) is 16.7 Å². The fourth-order valence-corrected chi connectivity index (χ4v) is 3.30. The van der Waals surface area contributed by atoms with Crippen LogP contribution in [0.1, 0.15) is 5.56 Å². The summed E-state index contributed by atoms with van der Waals surface area (Å²) in [6, 6.07) is 12.0. The smallest absolute Gasteiger partial charge is 0.206 e. The average molecular weight is 381 g/mol. The summed E-state index contributed by atoms with van der Waals surface area (Å²) in [5, 5.41) is 25.9. The molecule has 0 aliphatic carbocycles. The molecule has 3 aromatic rings. The van der Waals surface area contributed by atoms with Gasteiger partial charge in [-0.1, -0.05) is 18.2 Å².